The standard InChI is InChI=1S/C16H19N3O/c1-10(16-11(2)19-20-12(16)3)18-9-13-5-4-6-15-14(13)7-8-17-15/h4-8,10,17-18H,9H2,1-3H3. The van der Waals surface area contributed by atoms with E-state index in [1.165, 1.54) is 16.5 Å². The lowest BCUT2D eigenvalue weighted by atomic mass is 10.1. The van der Waals surface area contributed by atoms with Gasteiger partial charge in [-0.3, -0.25) is 0 Å². The lowest BCUT2D eigenvalue weighted by Crippen LogP contribution is -2.19. The fourth-order valence-corrected chi connectivity index (χ4v) is 2.78. The van der Waals surface area contributed by atoms with Gasteiger partial charge in [0.05, 0.1) is 5.69 Å². The molecule has 0 spiro atoms. The van der Waals surface area contributed by atoms with Gasteiger partial charge in [-0.25, -0.2) is 0 Å². The number of aromatic amines is 1. The Morgan fingerprint density at radius 3 is 2.90 bits per heavy atom. The third-order valence-corrected chi connectivity index (χ3v) is 3.81. The lowest BCUT2D eigenvalue weighted by molar-refractivity contribution is 0.390. The van der Waals surface area contributed by atoms with E-state index in [-0.39, 0.29) is 6.04 Å². The largest absolute Gasteiger partial charge is 0.361 e. The van der Waals surface area contributed by atoms with Crippen LogP contribution in [-0.2, 0) is 6.54 Å². The highest BCUT2D eigenvalue weighted by Gasteiger charge is 2.16. The molecule has 4 heteroatoms. The van der Waals surface area contributed by atoms with E-state index in [1.54, 1.807) is 0 Å². The normalized spacial score (nSPS) is 12.9. The van der Waals surface area contributed by atoms with Crippen molar-refractivity contribution in [1.82, 2.24) is 15.5 Å². The molecule has 0 aliphatic carbocycles. The van der Waals surface area contributed by atoms with Crippen molar-refractivity contribution in [1.29, 1.82) is 0 Å². The minimum Gasteiger partial charge on any atom is -0.361 e. The van der Waals surface area contributed by atoms with Crippen molar-refractivity contribution in [2.24, 2.45) is 0 Å². The summed E-state index contributed by atoms with van der Waals surface area (Å²) in [6.45, 7) is 6.90. The van der Waals surface area contributed by atoms with E-state index < -0.39 is 0 Å². The molecule has 0 bridgehead atoms. The van der Waals surface area contributed by atoms with Crippen LogP contribution in [0.15, 0.2) is 35.0 Å². The molecule has 0 saturated heterocycles. The Hall–Kier alpha value is -2.07. The zero-order chi connectivity index (χ0) is 14.1. The van der Waals surface area contributed by atoms with E-state index in [0.717, 1.165) is 23.6 Å². The summed E-state index contributed by atoms with van der Waals surface area (Å²) in [7, 11) is 0. The predicted molar refractivity (Wildman–Crippen MR) is 79.5 cm³/mol. The molecule has 0 saturated carbocycles. The quantitative estimate of drug-likeness (QED) is 0.760. The smallest absolute Gasteiger partial charge is 0.138 e. The van der Waals surface area contributed by atoms with Gasteiger partial charge in [-0.2, -0.15) is 0 Å². The Morgan fingerprint density at radius 2 is 2.15 bits per heavy atom. The van der Waals surface area contributed by atoms with Gasteiger partial charge in [0.1, 0.15) is 5.76 Å². The highest BCUT2D eigenvalue weighted by atomic mass is 16.5. The van der Waals surface area contributed by atoms with Crippen LogP contribution >= 0.6 is 0 Å². The summed E-state index contributed by atoms with van der Waals surface area (Å²) >= 11 is 0. The van der Waals surface area contributed by atoms with Crippen LogP contribution in [0.2, 0.25) is 0 Å². The Balaban J connectivity index is 1.78. The van der Waals surface area contributed by atoms with Crippen LogP contribution in [-0.4, -0.2) is 10.1 Å². The van der Waals surface area contributed by atoms with E-state index in [9.17, 15) is 0 Å². The molecule has 2 heterocycles. The molecule has 0 aliphatic heterocycles. The van der Waals surface area contributed by atoms with Gasteiger partial charge in [-0.1, -0.05) is 17.3 Å². The van der Waals surface area contributed by atoms with Crippen LogP contribution in [0, 0.1) is 13.8 Å². The average molecular weight is 269 g/mol. The first kappa shape index (κ1) is 12.9. The Kier molecular flexibility index (Phi) is 3.32. The van der Waals surface area contributed by atoms with Crippen LogP contribution in [0.4, 0.5) is 0 Å². The molecule has 104 valence electrons. The molecule has 1 atom stereocenters. The number of aryl methyl sites for hydroxylation is 2. The summed E-state index contributed by atoms with van der Waals surface area (Å²) in [5, 5.41) is 8.83. The summed E-state index contributed by atoms with van der Waals surface area (Å²) in [6, 6.07) is 8.67. The molecule has 20 heavy (non-hydrogen) atoms. The highest BCUT2D eigenvalue weighted by Crippen LogP contribution is 2.22. The Labute approximate surface area is 118 Å². The summed E-state index contributed by atoms with van der Waals surface area (Å²) in [6.07, 6.45) is 1.98. The summed E-state index contributed by atoms with van der Waals surface area (Å²) in [5.74, 6) is 0.891. The van der Waals surface area contributed by atoms with Crippen LogP contribution in [0.25, 0.3) is 10.9 Å². The molecule has 1 aromatic carbocycles. The first-order valence-corrected chi connectivity index (χ1v) is 6.88. The molecule has 0 aliphatic rings. The fourth-order valence-electron chi connectivity index (χ4n) is 2.78. The molecule has 0 fully saturated rings. The van der Waals surface area contributed by atoms with Crippen LogP contribution < -0.4 is 5.32 Å². The van der Waals surface area contributed by atoms with Gasteiger partial charge in [-0.05, 0) is 38.5 Å². The maximum Gasteiger partial charge on any atom is 0.138 e. The van der Waals surface area contributed by atoms with E-state index >= 15 is 0 Å². The molecule has 1 unspecified atom stereocenters. The zero-order valence-electron chi connectivity index (χ0n) is 12.0. The van der Waals surface area contributed by atoms with Crippen molar-refractivity contribution in [2.45, 2.75) is 33.4 Å². The number of nitrogens with zero attached hydrogens (tertiary/aromatic N) is 1. The lowest BCUT2D eigenvalue weighted by Gasteiger charge is -2.14. The van der Waals surface area contributed by atoms with Gasteiger partial charge >= 0.3 is 0 Å². The molecule has 4 nitrogen and oxygen atoms in total. The van der Waals surface area contributed by atoms with Gasteiger partial charge in [-0.15, -0.1) is 0 Å². The molecular formula is C16H19N3O. The maximum atomic E-state index is 5.23. The topological polar surface area (TPSA) is 53.9 Å². The predicted octanol–water partition coefficient (Wildman–Crippen LogP) is 3.62. The van der Waals surface area contributed by atoms with Crippen molar-refractivity contribution >= 4 is 10.9 Å². The van der Waals surface area contributed by atoms with E-state index in [4.69, 9.17) is 4.52 Å². The van der Waals surface area contributed by atoms with Crippen molar-refractivity contribution in [3.8, 4) is 0 Å². The molecule has 2 aromatic heterocycles. The number of hydrogen-bond donors (Lipinski definition) is 2. The summed E-state index contributed by atoms with van der Waals surface area (Å²) < 4.78 is 5.23. The molecule has 0 amide bonds. The second kappa shape index (κ2) is 5.13. The van der Waals surface area contributed by atoms with Gasteiger partial charge in [0.25, 0.3) is 0 Å². The van der Waals surface area contributed by atoms with Gasteiger partial charge < -0.3 is 14.8 Å². The van der Waals surface area contributed by atoms with Gasteiger partial charge in [0.2, 0.25) is 0 Å². The highest BCUT2D eigenvalue weighted by molar-refractivity contribution is 5.82. The number of benzene rings is 1. The third-order valence-electron chi connectivity index (χ3n) is 3.81. The van der Waals surface area contributed by atoms with Crippen LogP contribution in [0.3, 0.4) is 0 Å². The fraction of sp³-hybridized carbons (Fsp3) is 0.312. The summed E-state index contributed by atoms with van der Waals surface area (Å²) in [4.78, 5) is 3.24. The van der Waals surface area contributed by atoms with Gasteiger partial charge in [0.15, 0.2) is 0 Å². The zero-order valence-corrected chi connectivity index (χ0v) is 12.0. The van der Waals surface area contributed by atoms with Crippen molar-refractivity contribution in [3.63, 3.8) is 0 Å². The molecular weight excluding hydrogens is 250 g/mol. The van der Waals surface area contributed by atoms with E-state index in [0.29, 0.717) is 0 Å². The summed E-state index contributed by atoms with van der Waals surface area (Å²) in [5.41, 5.74) is 4.59. The van der Waals surface area contributed by atoms with Crippen LogP contribution in [0.5, 0.6) is 0 Å². The minimum absolute atomic E-state index is 0.218. The van der Waals surface area contributed by atoms with Crippen molar-refractivity contribution in [2.75, 3.05) is 0 Å². The van der Waals surface area contributed by atoms with E-state index in [1.807, 2.05) is 20.0 Å². The number of rotatable bonds is 4. The second-order valence-corrected chi connectivity index (χ2v) is 5.20. The number of hydrogen-bond acceptors (Lipinski definition) is 3. The maximum absolute atomic E-state index is 5.23. The SMILES string of the molecule is Cc1noc(C)c1C(C)NCc1cccc2[nH]ccc12. The average Bonchev–Trinajstić information content (AvgIpc) is 3.03. The Morgan fingerprint density at radius 1 is 1.30 bits per heavy atom. The number of aromatic nitrogens is 2. The molecule has 3 rings (SSSR count). The first-order chi connectivity index (χ1) is 9.66. The third kappa shape index (κ3) is 2.23. The first-order valence-electron chi connectivity index (χ1n) is 6.88. The van der Waals surface area contributed by atoms with Crippen LogP contribution in [0.1, 0.15) is 35.5 Å². The molecule has 3 aromatic rings. The number of nitrogens with one attached hydrogen (secondary N) is 2. The molecule has 0 radical (unpaired) electrons. The Bertz CT molecular complexity index is 707. The van der Waals surface area contributed by atoms with Crippen molar-refractivity contribution in [3.05, 3.63) is 53.0 Å². The number of H-pyrrole nitrogens is 1. The second-order valence-electron chi connectivity index (χ2n) is 5.20. The van der Waals surface area contributed by atoms with Gasteiger partial charge in [0, 0.05) is 35.2 Å². The molecule has 2 N–H and O–H groups in total. The number of fused-ring (bicyclic) bond motifs is 1. The monoisotopic (exact) mass is 269 g/mol. The van der Waals surface area contributed by atoms with Crippen molar-refractivity contribution < 1.29 is 4.52 Å². The van der Waals surface area contributed by atoms with E-state index in [2.05, 4.69) is 46.6 Å². The minimum atomic E-state index is 0.218.